The molecule has 0 atom stereocenters. The van der Waals surface area contributed by atoms with Crippen molar-refractivity contribution in [1.82, 2.24) is 5.43 Å². The summed E-state index contributed by atoms with van der Waals surface area (Å²) < 4.78 is 38.6. The molecule has 0 fully saturated rings. The van der Waals surface area contributed by atoms with Crippen molar-refractivity contribution in [3.05, 3.63) is 59.7 Å². The van der Waals surface area contributed by atoms with Crippen LogP contribution in [0.15, 0.2) is 48.5 Å². The average molecular weight is 337 g/mol. The molecule has 0 saturated heterocycles. The highest BCUT2D eigenvalue weighted by molar-refractivity contribution is 5.96. The minimum atomic E-state index is -4.53. The van der Waals surface area contributed by atoms with Crippen molar-refractivity contribution in [2.75, 3.05) is 10.7 Å². The predicted molar refractivity (Wildman–Crippen MR) is 83.3 cm³/mol. The fourth-order valence-electron chi connectivity index (χ4n) is 1.94. The summed E-state index contributed by atoms with van der Waals surface area (Å²) in [5.74, 6) is -0.862. The van der Waals surface area contributed by atoms with E-state index in [1.807, 2.05) is 0 Å². The zero-order valence-corrected chi connectivity index (χ0v) is 12.6. The average Bonchev–Trinajstić information content (AvgIpc) is 2.52. The number of hydrazine groups is 1. The molecule has 0 aromatic heterocycles. The largest absolute Gasteiger partial charge is 0.418 e. The van der Waals surface area contributed by atoms with Gasteiger partial charge in [0.05, 0.1) is 11.3 Å². The number of rotatable bonds is 4. The molecule has 5 nitrogen and oxygen atoms in total. The van der Waals surface area contributed by atoms with Gasteiger partial charge in [-0.3, -0.25) is 20.4 Å². The molecule has 2 rings (SSSR count). The Bertz CT molecular complexity index is 743. The van der Waals surface area contributed by atoms with Gasteiger partial charge in [0.25, 0.3) is 5.91 Å². The first-order valence-electron chi connectivity index (χ1n) is 6.87. The third kappa shape index (κ3) is 4.48. The van der Waals surface area contributed by atoms with Gasteiger partial charge in [-0.15, -0.1) is 0 Å². The van der Waals surface area contributed by atoms with Gasteiger partial charge < -0.3 is 5.32 Å². The van der Waals surface area contributed by atoms with Crippen molar-refractivity contribution in [3.8, 4) is 0 Å². The molecule has 0 aliphatic carbocycles. The van der Waals surface area contributed by atoms with Crippen LogP contribution in [-0.4, -0.2) is 11.8 Å². The normalized spacial score (nSPS) is 10.8. The molecule has 3 N–H and O–H groups in total. The number of carbonyl (C=O) groups is 2. The molecule has 126 valence electrons. The second kappa shape index (κ2) is 7.03. The summed E-state index contributed by atoms with van der Waals surface area (Å²) in [7, 11) is 0. The van der Waals surface area contributed by atoms with Gasteiger partial charge in [-0.25, -0.2) is 0 Å². The Balaban J connectivity index is 2.05. The minimum Gasteiger partial charge on any atom is -0.326 e. The summed E-state index contributed by atoms with van der Waals surface area (Å²) >= 11 is 0. The maximum atomic E-state index is 12.9. The number of amides is 2. The molecule has 0 unspecified atom stereocenters. The molecular formula is C16H14F3N3O2. The van der Waals surface area contributed by atoms with E-state index in [9.17, 15) is 22.8 Å². The van der Waals surface area contributed by atoms with E-state index < -0.39 is 17.6 Å². The van der Waals surface area contributed by atoms with Gasteiger partial charge in [0.2, 0.25) is 5.91 Å². The monoisotopic (exact) mass is 337 g/mol. The highest BCUT2D eigenvalue weighted by Gasteiger charge is 2.33. The van der Waals surface area contributed by atoms with Crippen LogP contribution < -0.4 is 16.2 Å². The van der Waals surface area contributed by atoms with Gasteiger partial charge in [0.15, 0.2) is 0 Å². The van der Waals surface area contributed by atoms with Crippen LogP contribution in [0, 0.1) is 0 Å². The number of alkyl halides is 3. The first-order valence-corrected chi connectivity index (χ1v) is 6.87. The van der Waals surface area contributed by atoms with Crippen molar-refractivity contribution in [2.24, 2.45) is 0 Å². The molecular weight excluding hydrogens is 323 g/mol. The fraction of sp³-hybridized carbons (Fsp3) is 0.125. The van der Waals surface area contributed by atoms with E-state index >= 15 is 0 Å². The Kier molecular flexibility index (Phi) is 5.08. The molecule has 2 aromatic carbocycles. The molecule has 0 radical (unpaired) electrons. The Hall–Kier alpha value is -3.03. The summed E-state index contributed by atoms with van der Waals surface area (Å²) in [6, 6.07) is 10.7. The molecule has 2 aromatic rings. The number of nitrogens with one attached hydrogen (secondary N) is 3. The third-order valence-electron chi connectivity index (χ3n) is 3.01. The van der Waals surface area contributed by atoms with Crippen molar-refractivity contribution >= 4 is 23.2 Å². The molecule has 0 bridgehead atoms. The third-order valence-corrected chi connectivity index (χ3v) is 3.01. The maximum Gasteiger partial charge on any atom is 0.418 e. The lowest BCUT2D eigenvalue weighted by molar-refractivity contribution is -0.137. The first kappa shape index (κ1) is 17.3. The molecule has 0 aliphatic rings. The van der Waals surface area contributed by atoms with Crippen LogP contribution in [0.25, 0.3) is 0 Å². The highest BCUT2D eigenvalue weighted by atomic mass is 19.4. The summed E-state index contributed by atoms with van der Waals surface area (Å²) in [5, 5.41) is 2.54. The number of benzene rings is 2. The lowest BCUT2D eigenvalue weighted by atomic mass is 10.2. The second-order valence-corrected chi connectivity index (χ2v) is 4.88. The maximum absolute atomic E-state index is 12.9. The summed E-state index contributed by atoms with van der Waals surface area (Å²) in [5.41, 5.74) is 4.08. The van der Waals surface area contributed by atoms with Crippen LogP contribution in [0.4, 0.5) is 24.5 Å². The van der Waals surface area contributed by atoms with E-state index in [1.54, 1.807) is 0 Å². The quantitative estimate of drug-likeness (QED) is 0.749. The Labute approximate surface area is 135 Å². The van der Waals surface area contributed by atoms with Gasteiger partial charge >= 0.3 is 6.18 Å². The van der Waals surface area contributed by atoms with E-state index in [1.165, 1.54) is 49.4 Å². The van der Waals surface area contributed by atoms with Crippen LogP contribution in [0.2, 0.25) is 0 Å². The van der Waals surface area contributed by atoms with E-state index in [0.29, 0.717) is 5.69 Å². The number of para-hydroxylation sites is 1. The molecule has 0 aliphatic heterocycles. The smallest absolute Gasteiger partial charge is 0.326 e. The Morgan fingerprint density at radius 1 is 0.958 bits per heavy atom. The van der Waals surface area contributed by atoms with Crippen LogP contribution in [0.5, 0.6) is 0 Å². The number of halogens is 3. The van der Waals surface area contributed by atoms with E-state index in [0.717, 1.165) is 6.07 Å². The zero-order chi connectivity index (χ0) is 17.7. The standard InChI is InChI=1S/C16H14F3N3O2/c1-10(23)20-12-8-6-11(7-9-12)15(24)22-21-14-5-3-2-4-13(14)16(17,18)19/h2-9,21H,1H3,(H,20,23)(H,22,24). The first-order chi connectivity index (χ1) is 11.3. The van der Waals surface area contributed by atoms with Gasteiger partial charge in [-0.05, 0) is 36.4 Å². The Morgan fingerprint density at radius 3 is 2.17 bits per heavy atom. The van der Waals surface area contributed by atoms with E-state index in [2.05, 4.69) is 16.2 Å². The van der Waals surface area contributed by atoms with Crippen LogP contribution >= 0.6 is 0 Å². The van der Waals surface area contributed by atoms with Crippen molar-refractivity contribution in [2.45, 2.75) is 13.1 Å². The molecule has 0 spiro atoms. The number of anilines is 2. The highest BCUT2D eigenvalue weighted by Crippen LogP contribution is 2.34. The number of carbonyl (C=O) groups excluding carboxylic acids is 2. The summed E-state index contributed by atoms with van der Waals surface area (Å²) in [6.45, 7) is 1.35. The summed E-state index contributed by atoms with van der Waals surface area (Å²) in [4.78, 5) is 22.9. The van der Waals surface area contributed by atoms with Gasteiger partial charge in [0, 0.05) is 18.2 Å². The predicted octanol–water partition coefficient (Wildman–Crippen LogP) is 3.42. The molecule has 8 heteroatoms. The van der Waals surface area contributed by atoms with Gasteiger partial charge in [0.1, 0.15) is 0 Å². The summed E-state index contributed by atoms with van der Waals surface area (Å²) in [6.07, 6.45) is -4.53. The van der Waals surface area contributed by atoms with E-state index in [-0.39, 0.29) is 17.2 Å². The SMILES string of the molecule is CC(=O)Nc1ccc(C(=O)NNc2ccccc2C(F)(F)F)cc1. The molecule has 0 saturated carbocycles. The number of hydrogen-bond acceptors (Lipinski definition) is 3. The zero-order valence-electron chi connectivity index (χ0n) is 12.6. The van der Waals surface area contributed by atoms with E-state index in [4.69, 9.17) is 0 Å². The second-order valence-electron chi connectivity index (χ2n) is 4.88. The van der Waals surface area contributed by atoms with Gasteiger partial charge in [-0.2, -0.15) is 13.2 Å². The molecule has 0 heterocycles. The fourth-order valence-corrected chi connectivity index (χ4v) is 1.94. The van der Waals surface area contributed by atoms with Crippen LogP contribution in [0.3, 0.4) is 0 Å². The lowest BCUT2D eigenvalue weighted by Gasteiger charge is -2.15. The lowest BCUT2D eigenvalue weighted by Crippen LogP contribution is -2.30. The van der Waals surface area contributed by atoms with Crippen LogP contribution in [-0.2, 0) is 11.0 Å². The Morgan fingerprint density at radius 2 is 1.58 bits per heavy atom. The van der Waals surface area contributed by atoms with Crippen molar-refractivity contribution < 1.29 is 22.8 Å². The molecule has 2 amide bonds. The minimum absolute atomic E-state index is 0.223. The topological polar surface area (TPSA) is 70.2 Å². The van der Waals surface area contributed by atoms with Crippen molar-refractivity contribution in [3.63, 3.8) is 0 Å². The molecule has 24 heavy (non-hydrogen) atoms. The van der Waals surface area contributed by atoms with Crippen LogP contribution in [0.1, 0.15) is 22.8 Å². The van der Waals surface area contributed by atoms with Gasteiger partial charge in [-0.1, -0.05) is 12.1 Å². The van der Waals surface area contributed by atoms with Crippen molar-refractivity contribution in [1.29, 1.82) is 0 Å². The number of hydrogen-bond donors (Lipinski definition) is 3.